The van der Waals surface area contributed by atoms with Crippen LogP contribution >= 0.6 is 0 Å². The van der Waals surface area contributed by atoms with Crippen LogP contribution in [0.4, 0.5) is 10.1 Å². The second kappa shape index (κ2) is 5.26. The fourth-order valence-corrected chi connectivity index (χ4v) is 4.42. The highest BCUT2D eigenvalue weighted by molar-refractivity contribution is 6.03. The largest absolute Gasteiger partial charge is 0.481 e. The Hall–Kier alpha value is -2.47. The van der Waals surface area contributed by atoms with Gasteiger partial charge in [0, 0.05) is 5.69 Å². The van der Waals surface area contributed by atoms with Crippen LogP contribution < -0.4 is 4.90 Å². The predicted octanol–water partition coefficient (Wildman–Crippen LogP) is 2.53. The van der Waals surface area contributed by atoms with Crippen LogP contribution in [0.2, 0.25) is 0 Å². The molecule has 6 heteroatoms. The Morgan fingerprint density at radius 3 is 2.68 bits per heavy atom. The summed E-state index contributed by atoms with van der Waals surface area (Å²) in [7, 11) is 0. The molecule has 2 fully saturated rings. The monoisotopic (exact) mass is 343 g/mol. The van der Waals surface area contributed by atoms with Crippen molar-refractivity contribution in [2.45, 2.75) is 31.1 Å². The summed E-state index contributed by atoms with van der Waals surface area (Å²) in [6, 6.07) is 5.23. The fourth-order valence-electron chi connectivity index (χ4n) is 4.42. The molecule has 2 bridgehead atoms. The molecule has 5 nitrogen and oxygen atoms in total. The van der Waals surface area contributed by atoms with E-state index in [0.29, 0.717) is 12.1 Å². The molecule has 0 aromatic heterocycles. The van der Waals surface area contributed by atoms with Crippen LogP contribution in [0.25, 0.3) is 0 Å². The minimum atomic E-state index is -1.04. The van der Waals surface area contributed by atoms with Crippen molar-refractivity contribution in [3.05, 3.63) is 54.4 Å². The highest BCUT2D eigenvalue weighted by Crippen LogP contribution is 2.56. The van der Waals surface area contributed by atoms with Gasteiger partial charge in [0.15, 0.2) is 0 Å². The van der Waals surface area contributed by atoms with Gasteiger partial charge in [0.2, 0.25) is 5.91 Å². The molecular weight excluding hydrogens is 325 g/mol. The number of carboxylic acid groups (broad SMARTS) is 1. The van der Waals surface area contributed by atoms with Gasteiger partial charge >= 0.3 is 5.97 Å². The Balaban J connectivity index is 1.84. The zero-order valence-corrected chi connectivity index (χ0v) is 13.7. The lowest BCUT2D eigenvalue weighted by molar-refractivity contribution is -0.146. The first-order valence-electron chi connectivity index (χ1n) is 8.18. The van der Waals surface area contributed by atoms with Crippen molar-refractivity contribution in [2.75, 3.05) is 4.90 Å². The lowest BCUT2D eigenvalue weighted by Crippen LogP contribution is -2.45. The Morgan fingerprint density at radius 1 is 1.40 bits per heavy atom. The number of halogens is 1. The van der Waals surface area contributed by atoms with Gasteiger partial charge in [-0.25, -0.2) is 4.39 Å². The van der Waals surface area contributed by atoms with E-state index in [0.717, 1.165) is 5.57 Å². The summed E-state index contributed by atoms with van der Waals surface area (Å²) in [5.74, 6) is -3.42. The first-order valence-corrected chi connectivity index (χ1v) is 8.18. The van der Waals surface area contributed by atoms with E-state index >= 15 is 0 Å². The van der Waals surface area contributed by atoms with Crippen LogP contribution in [0.5, 0.6) is 0 Å². The number of carbonyl (C=O) groups excluding carboxylic acids is 1. The van der Waals surface area contributed by atoms with Crippen molar-refractivity contribution in [1.29, 1.82) is 0 Å². The molecule has 0 radical (unpaired) electrons. The Bertz CT molecular complexity index is 802. The topological polar surface area (TPSA) is 66.8 Å². The maximum Gasteiger partial charge on any atom is 0.310 e. The molecule has 1 aromatic rings. The number of rotatable bonds is 4. The minimum absolute atomic E-state index is 0.294. The van der Waals surface area contributed by atoms with Gasteiger partial charge in [-0.3, -0.25) is 9.59 Å². The van der Waals surface area contributed by atoms with Crippen LogP contribution in [0, 0.1) is 17.7 Å². The van der Waals surface area contributed by atoms with Crippen LogP contribution in [-0.2, 0) is 14.3 Å². The molecule has 1 spiro atoms. The molecule has 25 heavy (non-hydrogen) atoms. The van der Waals surface area contributed by atoms with E-state index in [1.807, 2.05) is 13.0 Å². The molecule has 1 aromatic carbocycles. The molecule has 5 atom stereocenters. The number of hydrogen-bond donors (Lipinski definition) is 1. The minimum Gasteiger partial charge on any atom is -0.481 e. The number of anilines is 1. The normalized spacial score (nSPS) is 35.3. The molecule has 3 aliphatic heterocycles. The Kier molecular flexibility index (Phi) is 3.37. The van der Waals surface area contributed by atoms with Gasteiger partial charge in [0.25, 0.3) is 0 Å². The van der Waals surface area contributed by atoms with Gasteiger partial charge in [-0.05, 0) is 37.6 Å². The summed E-state index contributed by atoms with van der Waals surface area (Å²) in [6.45, 7) is 5.80. The highest BCUT2D eigenvalue weighted by atomic mass is 19.1. The number of carboxylic acids is 1. The third kappa shape index (κ3) is 2.10. The third-order valence-electron chi connectivity index (χ3n) is 5.35. The molecule has 130 valence electrons. The average Bonchev–Trinajstić information content (AvgIpc) is 3.18. The van der Waals surface area contributed by atoms with Crippen molar-refractivity contribution in [3.8, 4) is 0 Å². The van der Waals surface area contributed by atoms with Crippen molar-refractivity contribution in [2.24, 2.45) is 11.8 Å². The maximum atomic E-state index is 13.3. The smallest absolute Gasteiger partial charge is 0.310 e. The van der Waals surface area contributed by atoms with Crippen molar-refractivity contribution in [3.63, 3.8) is 0 Å². The van der Waals surface area contributed by atoms with Gasteiger partial charge < -0.3 is 14.7 Å². The van der Waals surface area contributed by atoms with E-state index < -0.39 is 41.4 Å². The van der Waals surface area contributed by atoms with E-state index in [-0.39, 0.29) is 5.91 Å². The maximum absolute atomic E-state index is 13.3. The summed E-state index contributed by atoms with van der Waals surface area (Å²) >= 11 is 0. The van der Waals surface area contributed by atoms with Crippen LogP contribution in [-0.4, -0.2) is 34.7 Å². The Labute approximate surface area is 144 Å². The number of fused-ring (bicyclic) bond motifs is 1. The fraction of sp³-hybridized carbons (Fsp3) is 0.368. The standard InChI is InChI=1S/C19H18FNO4/c1-10(2)9-14-19-8-7-13(25-19)15(18(23)24)16(19)17(22)21(14)12-5-3-11(20)4-6-12/h3-8,13-16H,1,9H2,2H3,(H,23,24). The van der Waals surface area contributed by atoms with Gasteiger partial charge in [-0.15, -0.1) is 6.58 Å². The first-order chi connectivity index (χ1) is 11.8. The molecule has 3 aliphatic rings. The number of aliphatic carboxylic acids is 1. The molecule has 1 amide bonds. The highest BCUT2D eigenvalue weighted by Gasteiger charge is 2.71. The molecule has 0 aliphatic carbocycles. The molecule has 0 saturated carbocycles. The average molecular weight is 343 g/mol. The first kappa shape index (κ1) is 16.0. The lowest BCUT2D eigenvalue weighted by atomic mass is 9.74. The van der Waals surface area contributed by atoms with Crippen LogP contribution in [0.1, 0.15) is 13.3 Å². The number of hydrogen-bond acceptors (Lipinski definition) is 3. The predicted molar refractivity (Wildman–Crippen MR) is 88.5 cm³/mol. The summed E-state index contributed by atoms with van der Waals surface area (Å²) in [5, 5.41) is 9.61. The molecule has 2 saturated heterocycles. The lowest BCUT2D eigenvalue weighted by Gasteiger charge is -2.33. The molecular formula is C19H18FNO4. The number of amides is 1. The number of nitrogens with zero attached hydrogens (tertiary/aromatic N) is 1. The van der Waals surface area contributed by atoms with E-state index in [4.69, 9.17) is 4.74 Å². The zero-order chi connectivity index (χ0) is 17.9. The van der Waals surface area contributed by atoms with Gasteiger partial charge in [0.05, 0.1) is 18.1 Å². The van der Waals surface area contributed by atoms with Gasteiger partial charge in [-0.1, -0.05) is 17.7 Å². The van der Waals surface area contributed by atoms with Crippen LogP contribution in [0.3, 0.4) is 0 Å². The number of benzene rings is 1. The summed E-state index contributed by atoms with van der Waals surface area (Å²) in [4.78, 5) is 26.5. The third-order valence-corrected chi connectivity index (χ3v) is 5.35. The summed E-state index contributed by atoms with van der Waals surface area (Å²) in [5.41, 5.74) is 0.420. The van der Waals surface area contributed by atoms with Crippen molar-refractivity contribution < 1.29 is 23.8 Å². The van der Waals surface area contributed by atoms with E-state index in [1.165, 1.54) is 24.3 Å². The van der Waals surface area contributed by atoms with E-state index in [2.05, 4.69) is 6.58 Å². The molecule has 4 rings (SSSR count). The molecule has 5 unspecified atom stereocenters. The summed E-state index contributed by atoms with van der Waals surface area (Å²) < 4.78 is 19.3. The van der Waals surface area contributed by atoms with E-state index in [9.17, 15) is 19.1 Å². The number of ether oxygens (including phenoxy) is 1. The summed E-state index contributed by atoms with van der Waals surface area (Å²) in [6.07, 6.45) is 3.46. The van der Waals surface area contributed by atoms with E-state index in [1.54, 1.807) is 11.0 Å². The second-order valence-electron chi connectivity index (χ2n) is 7.00. The Morgan fingerprint density at radius 2 is 2.08 bits per heavy atom. The zero-order valence-electron chi connectivity index (χ0n) is 13.7. The quantitative estimate of drug-likeness (QED) is 0.853. The SMILES string of the molecule is C=C(C)CC1N(c2ccc(F)cc2)C(=O)C2C(C(=O)O)C3C=CC21O3. The van der Waals surface area contributed by atoms with Crippen LogP contribution in [0.15, 0.2) is 48.6 Å². The molecule has 1 N–H and O–H groups in total. The number of carbonyl (C=O) groups is 2. The van der Waals surface area contributed by atoms with Crippen molar-refractivity contribution >= 4 is 17.6 Å². The van der Waals surface area contributed by atoms with Gasteiger partial charge in [0.1, 0.15) is 17.3 Å². The second-order valence-corrected chi connectivity index (χ2v) is 7.00. The molecule has 3 heterocycles. The van der Waals surface area contributed by atoms with Crippen molar-refractivity contribution in [1.82, 2.24) is 0 Å². The van der Waals surface area contributed by atoms with Gasteiger partial charge in [-0.2, -0.15) is 0 Å².